The number of nitrogens with two attached hydrogens (primary N) is 1. The van der Waals surface area contributed by atoms with E-state index in [1.54, 1.807) is 0 Å². The molecule has 0 unspecified atom stereocenters. The second kappa shape index (κ2) is 6.35. The van der Waals surface area contributed by atoms with Crippen LogP contribution in [0, 0.1) is 13.8 Å². The van der Waals surface area contributed by atoms with Crippen LogP contribution in [0.2, 0.25) is 0 Å². The summed E-state index contributed by atoms with van der Waals surface area (Å²) in [6, 6.07) is 8.28. The third-order valence-electron chi connectivity index (χ3n) is 3.44. The van der Waals surface area contributed by atoms with Crippen molar-refractivity contribution in [3.8, 4) is 0 Å². The van der Waals surface area contributed by atoms with Crippen molar-refractivity contribution in [2.75, 3.05) is 6.54 Å². The lowest BCUT2D eigenvalue weighted by Gasteiger charge is -2.07. The molecular weight excluding hydrogens is 302 g/mol. The smallest absolute Gasteiger partial charge is 0.0673 e. The summed E-state index contributed by atoms with van der Waals surface area (Å²) in [5.41, 5.74) is 10.6. The second-order valence-electron chi connectivity index (χ2n) is 4.79. The van der Waals surface area contributed by atoms with Crippen LogP contribution in [0.25, 0.3) is 0 Å². The molecule has 0 bridgehead atoms. The van der Waals surface area contributed by atoms with E-state index in [-0.39, 0.29) is 0 Å². The molecule has 0 aliphatic rings. The average Bonchev–Trinajstić information content (AvgIpc) is 2.65. The molecule has 3 nitrogen and oxygen atoms in total. The number of benzene rings is 1. The van der Waals surface area contributed by atoms with Gasteiger partial charge in [-0.3, -0.25) is 4.68 Å². The lowest BCUT2D eigenvalue weighted by molar-refractivity contribution is 0.656. The van der Waals surface area contributed by atoms with Crippen LogP contribution in [-0.4, -0.2) is 16.3 Å². The van der Waals surface area contributed by atoms with E-state index in [1.807, 2.05) is 6.07 Å². The van der Waals surface area contributed by atoms with Gasteiger partial charge in [-0.1, -0.05) is 34.1 Å². The molecule has 0 atom stereocenters. The highest BCUT2D eigenvalue weighted by molar-refractivity contribution is 9.10. The van der Waals surface area contributed by atoms with Crippen LogP contribution in [0.1, 0.15) is 28.9 Å². The molecule has 0 saturated heterocycles. The van der Waals surface area contributed by atoms with E-state index in [2.05, 4.69) is 57.8 Å². The van der Waals surface area contributed by atoms with Crippen molar-refractivity contribution in [3.63, 3.8) is 0 Å². The Bertz CT molecular complexity index is 561. The Labute approximate surface area is 122 Å². The van der Waals surface area contributed by atoms with Gasteiger partial charge in [0.1, 0.15) is 0 Å². The highest BCUT2D eigenvalue weighted by Crippen LogP contribution is 2.20. The normalized spacial score (nSPS) is 10.9. The molecule has 0 fully saturated rings. The van der Waals surface area contributed by atoms with E-state index in [0.717, 1.165) is 36.1 Å². The maximum Gasteiger partial charge on any atom is 0.0673 e. The Morgan fingerprint density at radius 3 is 2.68 bits per heavy atom. The third kappa shape index (κ3) is 3.25. The fourth-order valence-electron chi connectivity index (χ4n) is 2.32. The molecule has 2 aromatic rings. The summed E-state index contributed by atoms with van der Waals surface area (Å²) in [5, 5.41) is 4.65. The van der Waals surface area contributed by atoms with Gasteiger partial charge in [-0.25, -0.2) is 0 Å². The van der Waals surface area contributed by atoms with Crippen LogP contribution in [-0.2, 0) is 13.0 Å². The fraction of sp³-hybridized carbons (Fsp3) is 0.400. The number of hydrogen-bond donors (Lipinski definition) is 1. The number of halogens is 1. The summed E-state index contributed by atoms with van der Waals surface area (Å²) in [6.07, 6.45) is 2.03. The van der Waals surface area contributed by atoms with E-state index in [1.165, 1.54) is 16.8 Å². The van der Waals surface area contributed by atoms with Gasteiger partial charge >= 0.3 is 0 Å². The maximum atomic E-state index is 5.59. The molecule has 0 spiro atoms. The fourth-order valence-corrected chi connectivity index (χ4v) is 2.73. The zero-order chi connectivity index (χ0) is 13.8. The first kappa shape index (κ1) is 14.3. The van der Waals surface area contributed by atoms with Crippen molar-refractivity contribution in [3.05, 3.63) is 51.3 Å². The molecular formula is C15H20BrN3. The molecule has 1 aromatic heterocycles. The predicted molar refractivity (Wildman–Crippen MR) is 82.3 cm³/mol. The summed E-state index contributed by atoms with van der Waals surface area (Å²) >= 11 is 3.59. The molecule has 0 aliphatic carbocycles. The lowest BCUT2D eigenvalue weighted by atomic mass is 10.1. The highest BCUT2D eigenvalue weighted by atomic mass is 79.9. The SMILES string of the molecule is Cc1nn(Cc2ccccc2Br)c(C)c1CCCN. The van der Waals surface area contributed by atoms with Crippen LogP contribution in [0.3, 0.4) is 0 Å². The van der Waals surface area contributed by atoms with Crippen LogP contribution < -0.4 is 5.73 Å². The van der Waals surface area contributed by atoms with Gasteiger partial charge in [0, 0.05) is 10.2 Å². The summed E-state index contributed by atoms with van der Waals surface area (Å²) in [5.74, 6) is 0. The van der Waals surface area contributed by atoms with E-state index in [0.29, 0.717) is 0 Å². The highest BCUT2D eigenvalue weighted by Gasteiger charge is 2.11. The van der Waals surface area contributed by atoms with Crippen molar-refractivity contribution < 1.29 is 0 Å². The first-order valence-electron chi connectivity index (χ1n) is 6.60. The number of aromatic nitrogens is 2. The van der Waals surface area contributed by atoms with Gasteiger partial charge in [0.2, 0.25) is 0 Å². The van der Waals surface area contributed by atoms with Crippen molar-refractivity contribution in [2.45, 2.75) is 33.2 Å². The van der Waals surface area contributed by atoms with Gasteiger partial charge in [0.05, 0.1) is 12.2 Å². The van der Waals surface area contributed by atoms with Crippen molar-refractivity contribution in [1.29, 1.82) is 0 Å². The minimum Gasteiger partial charge on any atom is -0.330 e. The zero-order valence-electron chi connectivity index (χ0n) is 11.5. The predicted octanol–water partition coefficient (Wildman–Crippen LogP) is 3.20. The van der Waals surface area contributed by atoms with Gasteiger partial charge in [-0.2, -0.15) is 5.10 Å². The molecule has 0 radical (unpaired) electrons. The third-order valence-corrected chi connectivity index (χ3v) is 4.21. The Morgan fingerprint density at radius 2 is 2.00 bits per heavy atom. The van der Waals surface area contributed by atoms with Crippen molar-refractivity contribution in [1.82, 2.24) is 9.78 Å². The summed E-state index contributed by atoms with van der Waals surface area (Å²) < 4.78 is 3.22. The summed E-state index contributed by atoms with van der Waals surface area (Å²) in [6.45, 7) is 5.75. The molecule has 0 saturated carbocycles. The largest absolute Gasteiger partial charge is 0.330 e. The van der Waals surface area contributed by atoms with Gasteiger partial charge in [-0.05, 0) is 50.4 Å². The Kier molecular flexibility index (Phi) is 4.77. The zero-order valence-corrected chi connectivity index (χ0v) is 13.1. The Balaban J connectivity index is 2.24. The molecule has 19 heavy (non-hydrogen) atoms. The van der Waals surface area contributed by atoms with E-state index in [9.17, 15) is 0 Å². The van der Waals surface area contributed by atoms with Gasteiger partial charge in [-0.15, -0.1) is 0 Å². The van der Waals surface area contributed by atoms with Crippen molar-refractivity contribution in [2.24, 2.45) is 5.73 Å². The van der Waals surface area contributed by atoms with E-state index in [4.69, 9.17) is 5.73 Å². The molecule has 1 heterocycles. The van der Waals surface area contributed by atoms with Crippen LogP contribution >= 0.6 is 15.9 Å². The number of aryl methyl sites for hydroxylation is 1. The molecule has 102 valence electrons. The molecule has 2 N–H and O–H groups in total. The monoisotopic (exact) mass is 321 g/mol. The number of rotatable bonds is 5. The number of hydrogen-bond acceptors (Lipinski definition) is 2. The lowest BCUT2D eigenvalue weighted by Crippen LogP contribution is -2.05. The maximum absolute atomic E-state index is 5.59. The summed E-state index contributed by atoms with van der Waals surface area (Å²) in [7, 11) is 0. The Hall–Kier alpha value is -1.13. The quantitative estimate of drug-likeness (QED) is 0.919. The molecule has 4 heteroatoms. The van der Waals surface area contributed by atoms with E-state index >= 15 is 0 Å². The number of nitrogens with zero attached hydrogens (tertiary/aromatic N) is 2. The van der Waals surface area contributed by atoms with Gasteiger partial charge in [0.15, 0.2) is 0 Å². The molecule has 0 amide bonds. The van der Waals surface area contributed by atoms with Crippen molar-refractivity contribution >= 4 is 15.9 Å². The average molecular weight is 322 g/mol. The molecule has 0 aliphatic heterocycles. The Morgan fingerprint density at radius 1 is 1.26 bits per heavy atom. The van der Waals surface area contributed by atoms with Gasteiger partial charge < -0.3 is 5.73 Å². The summed E-state index contributed by atoms with van der Waals surface area (Å²) in [4.78, 5) is 0. The van der Waals surface area contributed by atoms with Crippen LogP contribution in [0.4, 0.5) is 0 Å². The first-order valence-corrected chi connectivity index (χ1v) is 7.39. The van der Waals surface area contributed by atoms with Gasteiger partial charge in [0.25, 0.3) is 0 Å². The van der Waals surface area contributed by atoms with E-state index < -0.39 is 0 Å². The molecule has 1 aromatic carbocycles. The second-order valence-corrected chi connectivity index (χ2v) is 5.64. The first-order chi connectivity index (χ1) is 9.13. The topological polar surface area (TPSA) is 43.8 Å². The standard InChI is InChI=1S/C15H20BrN3/c1-11-14(7-5-9-17)12(2)19(18-11)10-13-6-3-4-8-15(13)16/h3-4,6,8H,5,7,9-10,17H2,1-2H3. The minimum atomic E-state index is 0.730. The molecule has 2 rings (SSSR count). The van der Waals surface area contributed by atoms with Crippen LogP contribution in [0.15, 0.2) is 28.7 Å². The van der Waals surface area contributed by atoms with Crippen LogP contribution in [0.5, 0.6) is 0 Å². The minimum absolute atomic E-state index is 0.730.